The SMILES string of the molecule is CNC(=O)C(NC(=O)CCNS(=O)(=O)c1c(C)cc(C)cc1C)c1ccc(F)c(F)c1. The Bertz CT molecular complexity index is 1080. The summed E-state index contributed by atoms with van der Waals surface area (Å²) in [4.78, 5) is 24.6. The van der Waals surface area contributed by atoms with Crippen LogP contribution in [0.25, 0.3) is 0 Å². The topological polar surface area (TPSA) is 104 Å². The van der Waals surface area contributed by atoms with Crippen LogP contribution in [0.4, 0.5) is 8.78 Å². The number of hydrogen-bond donors (Lipinski definition) is 3. The average molecular weight is 454 g/mol. The fourth-order valence-electron chi connectivity index (χ4n) is 3.33. The lowest BCUT2D eigenvalue weighted by Gasteiger charge is -2.18. The molecule has 2 aromatic rings. The van der Waals surface area contributed by atoms with Crippen molar-refractivity contribution < 1.29 is 26.8 Å². The van der Waals surface area contributed by atoms with E-state index in [1.807, 2.05) is 6.92 Å². The monoisotopic (exact) mass is 453 g/mol. The molecule has 1 unspecified atom stereocenters. The van der Waals surface area contributed by atoms with E-state index in [-0.39, 0.29) is 23.4 Å². The first-order chi connectivity index (χ1) is 14.5. The number of rotatable bonds is 8. The van der Waals surface area contributed by atoms with Crippen molar-refractivity contribution in [3.8, 4) is 0 Å². The summed E-state index contributed by atoms with van der Waals surface area (Å²) in [7, 11) is -2.51. The largest absolute Gasteiger partial charge is 0.357 e. The quantitative estimate of drug-likeness (QED) is 0.570. The van der Waals surface area contributed by atoms with Crippen molar-refractivity contribution in [3.05, 3.63) is 64.2 Å². The van der Waals surface area contributed by atoms with Crippen LogP contribution in [0.2, 0.25) is 0 Å². The van der Waals surface area contributed by atoms with Gasteiger partial charge in [0.25, 0.3) is 0 Å². The molecule has 0 aromatic heterocycles. The van der Waals surface area contributed by atoms with Gasteiger partial charge in [0.1, 0.15) is 6.04 Å². The zero-order chi connectivity index (χ0) is 23.3. The Morgan fingerprint density at radius 3 is 2.16 bits per heavy atom. The van der Waals surface area contributed by atoms with Gasteiger partial charge in [-0.25, -0.2) is 21.9 Å². The van der Waals surface area contributed by atoms with Crippen LogP contribution >= 0.6 is 0 Å². The highest BCUT2D eigenvalue weighted by Gasteiger charge is 2.24. The van der Waals surface area contributed by atoms with E-state index < -0.39 is 39.5 Å². The van der Waals surface area contributed by atoms with Gasteiger partial charge in [0.15, 0.2) is 11.6 Å². The van der Waals surface area contributed by atoms with Gasteiger partial charge < -0.3 is 10.6 Å². The molecule has 3 N–H and O–H groups in total. The Labute approximate surface area is 180 Å². The number of carbonyl (C=O) groups is 2. The molecule has 2 aromatic carbocycles. The summed E-state index contributed by atoms with van der Waals surface area (Å²) in [5, 5.41) is 4.75. The summed E-state index contributed by atoms with van der Waals surface area (Å²) in [5.41, 5.74) is 2.17. The Kier molecular flexibility index (Phi) is 7.85. The molecule has 2 amide bonds. The molecule has 1 atom stereocenters. The second kappa shape index (κ2) is 9.97. The molecule has 0 saturated carbocycles. The summed E-state index contributed by atoms with van der Waals surface area (Å²) in [6.45, 7) is 5.04. The number of carbonyl (C=O) groups excluding carboxylic acids is 2. The molecule has 0 aliphatic carbocycles. The summed E-state index contributed by atoms with van der Waals surface area (Å²) in [6.07, 6.45) is -0.264. The Morgan fingerprint density at radius 2 is 1.61 bits per heavy atom. The highest BCUT2D eigenvalue weighted by molar-refractivity contribution is 7.89. The minimum Gasteiger partial charge on any atom is -0.357 e. The fraction of sp³-hybridized carbons (Fsp3) is 0.333. The number of sulfonamides is 1. The minimum atomic E-state index is -3.85. The van der Waals surface area contributed by atoms with Crippen LogP contribution in [0.1, 0.15) is 34.7 Å². The normalized spacial score (nSPS) is 12.3. The Morgan fingerprint density at radius 1 is 1.00 bits per heavy atom. The van der Waals surface area contributed by atoms with Crippen molar-refractivity contribution in [2.45, 2.75) is 38.1 Å². The van der Waals surface area contributed by atoms with Gasteiger partial charge in [-0.15, -0.1) is 0 Å². The third-order valence-electron chi connectivity index (χ3n) is 4.61. The van der Waals surface area contributed by atoms with E-state index in [0.29, 0.717) is 11.1 Å². The maximum absolute atomic E-state index is 13.5. The number of nitrogens with one attached hydrogen (secondary N) is 3. The van der Waals surface area contributed by atoms with Crippen LogP contribution in [0.5, 0.6) is 0 Å². The second-order valence-electron chi connectivity index (χ2n) is 7.16. The first-order valence-electron chi connectivity index (χ1n) is 9.49. The highest BCUT2D eigenvalue weighted by atomic mass is 32.2. The van der Waals surface area contributed by atoms with Gasteiger partial charge in [0, 0.05) is 20.0 Å². The molecule has 0 fully saturated rings. The van der Waals surface area contributed by atoms with Gasteiger partial charge in [0.05, 0.1) is 4.90 Å². The highest BCUT2D eigenvalue weighted by Crippen LogP contribution is 2.21. The lowest BCUT2D eigenvalue weighted by atomic mass is 10.1. The number of amides is 2. The lowest BCUT2D eigenvalue weighted by molar-refractivity contribution is -0.128. The summed E-state index contributed by atoms with van der Waals surface area (Å²) < 4.78 is 54.4. The van der Waals surface area contributed by atoms with Crippen LogP contribution in [0.3, 0.4) is 0 Å². The molecular weight excluding hydrogens is 428 g/mol. The van der Waals surface area contributed by atoms with Gasteiger partial charge in [0.2, 0.25) is 21.8 Å². The van der Waals surface area contributed by atoms with E-state index in [2.05, 4.69) is 15.4 Å². The summed E-state index contributed by atoms with van der Waals surface area (Å²) in [5.74, 6) is -3.51. The van der Waals surface area contributed by atoms with Crippen LogP contribution < -0.4 is 15.4 Å². The van der Waals surface area contributed by atoms with E-state index in [1.165, 1.54) is 13.1 Å². The summed E-state index contributed by atoms with van der Waals surface area (Å²) in [6, 6.07) is 5.11. The predicted molar refractivity (Wildman–Crippen MR) is 112 cm³/mol. The summed E-state index contributed by atoms with van der Waals surface area (Å²) >= 11 is 0. The van der Waals surface area contributed by atoms with Crippen LogP contribution in [-0.4, -0.2) is 33.8 Å². The number of aryl methyl sites for hydroxylation is 3. The fourth-order valence-corrected chi connectivity index (χ4v) is 4.81. The first-order valence-corrected chi connectivity index (χ1v) is 11.0. The third kappa shape index (κ3) is 6.08. The molecule has 0 aliphatic heterocycles. The number of halogens is 2. The predicted octanol–water partition coefficient (Wildman–Crippen LogP) is 2.16. The van der Waals surface area contributed by atoms with E-state index in [1.54, 1.807) is 26.0 Å². The van der Waals surface area contributed by atoms with Gasteiger partial charge in [-0.2, -0.15) is 0 Å². The van der Waals surface area contributed by atoms with Crippen molar-refractivity contribution in [1.29, 1.82) is 0 Å². The molecule has 31 heavy (non-hydrogen) atoms. The molecule has 0 spiro atoms. The molecule has 168 valence electrons. The van der Waals surface area contributed by atoms with E-state index in [0.717, 1.165) is 17.7 Å². The molecule has 2 rings (SSSR count). The zero-order valence-electron chi connectivity index (χ0n) is 17.7. The Hall–Kier alpha value is -2.85. The first kappa shape index (κ1) is 24.4. The number of likely N-dealkylation sites (N-methyl/N-ethyl adjacent to an activating group) is 1. The zero-order valence-corrected chi connectivity index (χ0v) is 18.5. The van der Waals surface area contributed by atoms with Crippen LogP contribution in [0.15, 0.2) is 35.2 Å². The van der Waals surface area contributed by atoms with E-state index in [4.69, 9.17) is 0 Å². The molecule has 10 heteroatoms. The molecule has 0 heterocycles. The molecule has 0 radical (unpaired) electrons. The van der Waals surface area contributed by atoms with Gasteiger partial charge in [-0.3, -0.25) is 9.59 Å². The molecule has 0 bridgehead atoms. The maximum Gasteiger partial charge on any atom is 0.246 e. The molecule has 7 nitrogen and oxygen atoms in total. The van der Waals surface area contributed by atoms with Gasteiger partial charge >= 0.3 is 0 Å². The lowest BCUT2D eigenvalue weighted by Crippen LogP contribution is -2.40. The maximum atomic E-state index is 13.5. The van der Waals surface area contributed by atoms with Gasteiger partial charge in [-0.1, -0.05) is 23.8 Å². The number of hydrogen-bond acceptors (Lipinski definition) is 4. The molecule has 0 aliphatic rings. The number of benzene rings is 2. The third-order valence-corrected chi connectivity index (χ3v) is 6.37. The van der Waals surface area contributed by atoms with E-state index >= 15 is 0 Å². The standard InChI is InChI=1S/C21H25F2N3O4S/c1-12-9-13(2)20(14(3)10-12)31(29,30)25-8-7-18(27)26-19(21(28)24-4)15-5-6-16(22)17(23)11-15/h5-6,9-11,19,25H,7-8H2,1-4H3,(H,24,28)(H,26,27). The van der Waals surface area contributed by atoms with Crippen molar-refractivity contribution in [2.75, 3.05) is 13.6 Å². The van der Waals surface area contributed by atoms with Crippen molar-refractivity contribution in [1.82, 2.24) is 15.4 Å². The minimum absolute atomic E-state index is 0.0538. The Balaban J connectivity index is 2.07. The van der Waals surface area contributed by atoms with Crippen LogP contribution in [0, 0.1) is 32.4 Å². The van der Waals surface area contributed by atoms with Gasteiger partial charge in [-0.05, 0) is 49.6 Å². The van der Waals surface area contributed by atoms with Crippen molar-refractivity contribution >= 4 is 21.8 Å². The van der Waals surface area contributed by atoms with Crippen molar-refractivity contribution in [3.63, 3.8) is 0 Å². The average Bonchev–Trinajstić information content (AvgIpc) is 2.66. The van der Waals surface area contributed by atoms with E-state index in [9.17, 15) is 26.8 Å². The smallest absolute Gasteiger partial charge is 0.246 e. The van der Waals surface area contributed by atoms with Crippen molar-refractivity contribution in [2.24, 2.45) is 0 Å². The molecular formula is C21H25F2N3O4S. The van der Waals surface area contributed by atoms with Crippen LogP contribution in [-0.2, 0) is 19.6 Å². The molecule has 0 saturated heterocycles. The second-order valence-corrected chi connectivity index (χ2v) is 8.87.